The zero-order chi connectivity index (χ0) is 7.40. The second-order valence-electron chi connectivity index (χ2n) is 2.26. The molecule has 1 fully saturated rings. The molecule has 0 aliphatic carbocycles. The Kier molecular flexibility index (Phi) is 2.65. The molecule has 0 bridgehead atoms. The first kappa shape index (κ1) is 7.50. The number of carboxylic acids is 1. The van der Waals surface area contributed by atoms with Crippen molar-refractivity contribution < 1.29 is 14.6 Å². The molecular formula is C6H11NO3. The maximum Gasteiger partial charge on any atom is 0.334 e. The van der Waals surface area contributed by atoms with E-state index in [0.717, 1.165) is 13.0 Å². The Hall–Kier alpha value is -0.610. The zero-order valence-electron chi connectivity index (χ0n) is 5.67. The summed E-state index contributed by atoms with van der Waals surface area (Å²) in [6.45, 7) is 1.82. The average molecular weight is 145 g/mol. The fourth-order valence-electron chi connectivity index (χ4n) is 0.873. The Bertz CT molecular complexity index is 118. The van der Waals surface area contributed by atoms with Crippen LogP contribution in [0.3, 0.4) is 0 Å². The molecule has 1 saturated heterocycles. The summed E-state index contributed by atoms with van der Waals surface area (Å²) in [6.07, 6.45) is 0.242. The molecule has 1 rings (SSSR count). The molecule has 0 aromatic rings. The number of nitrogens with one attached hydrogen (secondary N) is 1. The molecule has 0 aromatic heterocycles. The minimum Gasteiger partial charge on any atom is -0.479 e. The van der Waals surface area contributed by atoms with Gasteiger partial charge in [0.25, 0.3) is 0 Å². The number of aliphatic carboxylic acids is 1. The maximum absolute atomic E-state index is 10.3. The van der Waals surface area contributed by atoms with Crippen LogP contribution in [0.25, 0.3) is 0 Å². The predicted molar refractivity (Wildman–Crippen MR) is 34.9 cm³/mol. The van der Waals surface area contributed by atoms with Gasteiger partial charge in [0.05, 0.1) is 0 Å². The van der Waals surface area contributed by atoms with Crippen LogP contribution in [0.2, 0.25) is 0 Å². The van der Waals surface area contributed by atoms with Gasteiger partial charge in [-0.05, 0) is 13.0 Å². The second-order valence-corrected chi connectivity index (χ2v) is 2.26. The van der Waals surface area contributed by atoms with Crippen LogP contribution in [-0.2, 0) is 9.53 Å². The van der Waals surface area contributed by atoms with Crippen LogP contribution in [0.15, 0.2) is 0 Å². The lowest BCUT2D eigenvalue weighted by Gasteiger charge is -2.07. The molecule has 4 heteroatoms. The summed E-state index contributed by atoms with van der Waals surface area (Å²) in [5.74, 6) is -0.880. The van der Waals surface area contributed by atoms with E-state index >= 15 is 0 Å². The average Bonchev–Trinajstić information content (AvgIpc) is 2.12. The fourth-order valence-corrected chi connectivity index (χ4v) is 0.873. The van der Waals surface area contributed by atoms with Crippen LogP contribution in [0.4, 0.5) is 0 Å². The van der Waals surface area contributed by atoms with E-state index < -0.39 is 12.1 Å². The fraction of sp³-hybridized carbons (Fsp3) is 0.833. The van der Waals surface area contributed by atoms with Crippen molar-refractivity contribution in [2.75, 3.05) is 19.7 Å². The van der Waals surface area contributed by atoms with Gasteiger partial charge < -0.3 is 15.2 Å². The standard InChI is InChI=1S/C6H11NO3/c8-6(9)5-4-7-2-1-3-10-5/h5,7H,1-4H2,(H,8,9)/t5-/m1/s1. The van der Waals surface area contributed by atoms with E-state index in [1.807, 2.05) is 0 Å². The topological polar surface area (TPSA) is 58.6 Å². The highest BCUT2D eigenvalue weighted by Gasteiger charge is 2.18. The largest absolute Gasteiger partial charge is 0.479 e. The van der Waals surface area contributed by atoms with E-state index in [4.69, 9.17) is 9.84 Å². The van der Waals surface area contributed by atoms with Crippen molar-refractivity contribution in [1.29, 1.82) is 0 Å². The molecule has 0 saturated carbocycles. The first-order valence-corrected chi connectivity index (χ1v) is 3.36. The van der Waals surface area contributed by atoms with Crippen molar-refractivity contribution in [2.24, 2.45) is 0 Å². The lowest BCUT2D eigenvalue weighted by molar-refractivity contribution is -0.149. The van der Waals surface area contributed by atoms with Crippen LogP contribution in [0.5, 0.6) is 0 Å². The highest BCUT2D eigenvalue weighted by molar-refractivity contribution is 5.72. The van der Waals surface area contributed by atoms with Gasteiger partial charge in [-0.25, -0.2) is 4.79 Å². The Morgan fingerprint density at radius 1 is 1.70 bits per heavy atom. The number of ether oxygens (including phenoxy) is 1. The minimum atomic E-state index is -0.880. The van der Waals surface area contributed by atoms with Crippen LogP contribution >= 0.6 is 0 Å². The highest BCUT2D eigenvalue weighted by atomic mass is 16.5. The number of hydrogen-bond donors (Lipinski definition) is 2. The summed E-state index contributed by atoms with van der Waals surface area (Å²) >= 11 is 0. The first-order chi connectivity index (χ1) is 4.80. The van der Waals surface area contributed by atoms with E-state index in [9.17, 15) is 4.79 Å². The van der Waals surface area contributed by atoms with Crippen LogP contribution in [0, 0.1) is 0 Å². The van der Waals surface area contributed by atoms with Crippen molar-refractivity contribution in [3.05, 3.63) is 0 Å². The smallest absolute Gasteiger partial charge is 0.334 e. The number of carbonyl (C=O) groups is 1. The molecule has 0 unspecified atom stereocenters. The first-order valence-electron chi connectivity index (χ1n) is 3.36. The number of rotatable bonds is 1. The summed E-state index contributed by atoms with van der Waals surface area (Å²) in [5, 5.41) is 11.5. The maximum atomic E-state index is 10.3. The third-order valence-corrected chi connectivity index (χ3v) is 1.42. The van der Waals surface area contributed by atoms with E-state index in [0.29, 0.717) is 13.2 Å². The molecular weight excluding hydrogens is 134 g/mol. The van der Waals surface area contributed by atoms with Gasteiger partial charge in [-0.15, -0.1) is 0 Å². The summed E-state index contributed by atoms with van der Waals surface area (Å²) in [5.41, 5.74) is 0. The molecule has 2 N–H and O–H groups in total. The van der Waals surface area contributed by atoms with Gasteiger partial charge in [-0.3, -0.25) is 0 Å². The monoisotopic (exact) mass is 145 g/mol. The van der Waals surface area contributed by atoms with Gasteiger partial charge >= 0.3 is 5.97 Å². The van der Waals surface area contributed by atoms with Gasteiger partial charge in [0, 0.05) is 13.2 Å². The molecule has 1 aliphatic rings. The third-order valence-electron chi connectivity index (χ3n) is 1.42. The zero-order valence-corrected chi connectivity index (χ0v) is 5.67. The molecule has 1 aliphatic heterocycles. The van der Waals surface area contributed by atoms with Gasteiger partial charge in [-0.2, -0.15) is 0 Å². The highest BCUT2D eigenvalue weighted by Crippen LogP contribution is 1.96. The van der Waals surface area contributed by atoms with Crippen molar-refractivity contribution in [1.82, 2.24) is 5.32 Å². The molecule has 1 heterocycles. The van der Waals surface area contributed by atoms with Crippen molar-refractivity contribution in [3.63, 3.8) is 0 Å². The summed E-state index contributed by atoms with van der Waals surface area (Å²) < 4.78 is 5.00. The molecule has 0 aromatic carbocycles. The lowest BCUT2D eigenvalue weighted by atomic mass is 10.3. The quantitative estimate of drug-likeness (QED) is 0.519. The molecule has 58 valence electrons. The van der Waals surface area contributed by atoms with Gasteiger partial charge in [0.1, 0.15) is 0 Å². The van der Waals surface area contributed by atoms with Gasteiger partial charge in [0.2, 0.25) is 0 Å². The van der Waals surface area contributed by atoms with Crippen LogP contribution < -0.4 is 5.32 Å². The third kappa shape index (κ3) is 1.97. The van der Waals surface area contributed by atoms with Crippen molar-refractivity contribution in [3.8, 4) is 0 Å². The van der Waals surface area contributed by atoms with Crippen molar-refractivity contribution >= 4 is 5.97 Å². The second kappa shape index (κ2) is 3.53. The Morgan fingerprint density at radius 2 is 2.50 bits per heavy atom. The summed E-state index contributed by atoms with van der Waals surface area (Å²) in [6, 6.07) is 0. The molecule has 0 amide bonds. The minimum absolute atomic E-state index is 0.426. The number of carboxylic acid groups (broad SMARTS) is 1. The Labute approximate surface area is 59.2 Å². The summed E-state index contributed by atoms with van der Waals surface area (Å²) in [4.78, 5) is 10.3. The summed E-state index contributed by atoms with van der Waals surface area (Å²) in [7, 11) is 0. The molecule has 10 heavy (non-hydrogen) atoms. The van der Waals surface area contributed by atoms with Gasteiger partial charge in [0.15, 0.2) is 6.10 Å². The molecule has 0 spiro atoms. The molecule has 0 radical (unpaired) electrons. The molecule has 4 nitrogen and oxygen atoms in total. The van der Waals surface area contributed by atoms with E-state index in [2.05, 4.69) is 5.32 Å². The number of hydrogen-bond acceptors (Lipinski definition) is 3. The van der Waals surface area contributed by atoms with Crippen LogP contribution in [-0.4, -0.2) is 36.9 Å². The predicted octanol–water partition coefficient (Wildman–Crippen LogP) is -0.551. The normalized spacial score (nSPS) is 27.4. The van der Waals surface area contributed by atoms with E-state index in [1.165, 1.54) is 0 Å². The molecule has 1 atom stereocenters. The van der Waals surface area contributed by atoms with E-state index in [-0.39, 0.29) is 0 Å². The van der Waals surface area contributed by atoms with E-state index in [1.54, 1.807) is 0 Å². The van der Waals surface area contributed by atoms with Crippen molar-refractivity contribution in [2.45, 2.75) is 12.5 Å². The van der Waals surface area contributed by atoms with Gasteiger partial charge in [-0.1, -0.05) is 0 Å². The Balaban J connectivity index is 2.35. The van der Waals surface area contributed by atoms with Crippen LogP contribution in [0.1, 0.15) is 6.42 Å². The lowest BCUT2D eigenvalue weighted by Crippen LogP contribution is -2.32. The SMILES string of the molecule is O=C(O)[C@H]1CNCCCO1. The Morgan fingerprint density at radius 3 is 3.20 bits per heavy atom.